The summed E-state index contributed by atoms with van der Waals surface area (Å²) in [5.41, 5.74) is 5.66. The molecule has 0 bridgehead atoms. The molecule has 0 N–H and O–H groups in total. The lowest BCUT2D eigenvalue weighted by Crippen LogP contribution is -2.37. The summed E-state index contributed by atoms with van der Waals surface area (Å²) in [6.45, 7) is 0. The van der Waals surface area contributed by atoms with Crippen molar-refractivity contribution in [2.24, 2.45) is 0 Å². The van der Waals surface area contributed by atoms with Gasteiger partial charge in [0.15, 0.2) is 23.7 Å². The third kappa shape index (κ3) is 2.70. The number of nitrogens with zero attached hydrogens (tertiary/aromatic N) is 2. The van der Waals surface area contributed by atoms with Crippen molar-refractivity contribution in [3.05, 3.63) is 121 Å². The average Bonchev–Trinajstić information content (AvgIpc) is 3.45. The summed E-state index contributed by atoms with van der Waals surface area (Å²) in [4.78, 5) is 0. The van der Waals surface area contributed by atoms with Crippen LogP contribution in [-0.4, -0.2) is 21.3 Å². The number of para-hydroxylation sites is 3. The van der Waals surface area contributed by atoms with Gasteiger partial charge in [-0.15, -0.1) is 0 Å². The molecular weight excluding hydrogens is 444 g/mol. The Morgan fingerprint density at radius 1 is 0.528 bits per heavy atom. The monoisotopic (exact) mass is 466 g/mol. The summed E-state index contributed by atoms with van der Waals surface area (Å²) in [6.07, 6.45) is 7.91. The predicted octanol–water partition coefficient (Wildman–Crippen LogP) is 7.36. The van der Waals surface area contributed by atoms with Crippen LogP contribution in [-0.2, 0) is 0 Å². The second-order valence-corrected chi connectivity index (χ2v) is 9.31. The molecule has 2 atom stereocenters. The Morgan fingerprint density at radius 2 is 1.11 bits per heavy atom. The van der Waals surface area contributed by atoms with E-state index in [0.717, 1.165) is 34.0 Å². The first-order valence-corrected chi connectivity index (χ1v) is 12.3. The Kier molecular flexibility index (Phi) is 4.03. The van der Waals surface area contributed by atoms with E-state index in [4.69, 9.17) is 9.47 Å². The largest absolute Gasteiger partial charge is 0.478 e. The highest BCUT2D eigenvalue weighted by Gasteiger charge is 2.30. The molecule has 4 aromatic carbocycles. The maximum absolute atomic E-state index is 6.39. The zero-order chi connectivity index (χ0) is 23.6. The van der Waals surface area contributed by atoms with Crippen molar-refractivity contribution in [3.8, 4) is 22.9 Å². The summed E-state index contributed by atoms with van der Waals surface area (Å²) in [7, 11) is 0. The van der Waals surface area contributed by atoms with Crippen LogP contribution in [0.2, 0.25) is 0 Å². The molecule has 1 aliphatic heterocycles. The Balaban J connectivity index is 1.46. The molecule has 172 valence electrons. The molecule has 4 nitrogen and oxygen atoms in total. The molecule has 0 saturated heterocycles. The lowest BCUT2D eigenvalue weighted by Gasteiger charge is -2.32. The van der Waals surface area contributed by atoms with E-state index in [0.29, 0.717) is 0 Å². The normalized spacial score (nSPS) is 18.2. The maximum atomic E-state index is 6.39. The molecule has 0 amide bonds. The van der Waals surface area contributed by atoms with Crippen LogP contribution in [0.5, 0.6) is 11.5 Å². The summed E-state index contributed by atoms with van der Waals surface area (Å²) in [5, 5.41) is 3.72. The fourth-order valence-corrected chi connectivity index (χ4v) is 5.70. The number of hydrogen-bond donors (Lipinski definition) is 0. The fourth-order valence-electron chi connectivity index (χ4n) is 5.70. The van der Waals surface area contributed by atoms with Gasteiger partial charge < -0.3 is 9.47 Å². The molecule has 0 saturated carbocycles. The van der Waals surface area contributed by atoms with Crippen molar-refractivity contribution < 1.29 is 9.47 Å². The number of rotatable bonds is 2. The Bertz CT molecular complexity index is 1860. The zero-order valence-electron chi connectivity index (χ0n) is 19.4. The maximum Gasteiger partial charge on any atom is 0.164 e. The van der Waals surface area contributed by atoms with E-state index >= 15 is 0 Å². The summed E-state index contributed by atoms with van der Waals surface area (Å²) in [5.74, 6) is 1.54. The Labute approximate surface area is 207 Å². The van der Waals surface area contributed by atoms with Gasteiger partial charge in [-0.2, -0.15) is 0 Å². The van der Waals surface area contributed by atoms with E-state index in [1.165, 1.54) is 21.7 Å². The number of benzene rings is 4. The highest BCUT2D eigenvalue weighted by molar-refractivity contribution is 6.22. The first-order chi connectivity index (χ1) is 17.9. The average molecular weight is 467 g/mol. The first-order valence-electron chi connectivity index (χ1n) is 12.3. The standard InChI is InChI=1S/C32H22N2O2/c1-2-10-21(11-3-1)33-25-14-6-4-12-23(25)31-24-13-5-7-15-26(24)34(32(31)33)22-18-19-29-30(20-22)36-28-17-9-8-16-27(28)35-29/h1-20,27-28H. The molecule has 2 aliphatic rings. The van der Waals surface area contributed by atoms with Crippen molar-refractivity contribution in [2.75, 3.05) is 0 Å². The third-order valence-electron chi connectivity index (χ3n) is 7.24. The first kappa shape index (κ1) is 19.6. The molecule has 0 radical (unpaired) electrons. The van der Waals surface area contributed by atoms with Gasteiger partial charge >= 0.3 is 0 Å². The topological polar surface area (TPSA) is 28.3 Å². The molecule has 2 aromatic heterocycles. The van der Waals surface area contributed by atoms with Crippen LogP contribution in [0.4, 0.5) is 0 Å². The van der Waals surface area contributed by atoms with Crippen LogP contribution in [0.1, 0.15) is 0 Å². The van der Waals surface area contributed by atoms with Crippen LogP contribution >= 0.6 is 0 Å². The number of ether oxygens (including phenoxy) is 2. The molecule has 1 aliphatic carbocycles. The van der Waals surface area contributed by atoms with Gasteiger partial charge in [-0.1, -0.05) is 66.7 Å². The van der Waals surface area contributed by atoms with Gasteiger partial charge in [0.1, 0.15) is 5.65 Å². The van der Waals surface area contributed by atoms with Gasteiger partial charge in [0.25, 0.3) is 0 Å². The lowest BCUT2D eigenvalue weighted by atomic mass is 10.1. The van der Waals surface area contributed by atoms with E-state index in [-0.39, 0.29) is 12.2 Å². The summed E-state index contributed by atoms with van der Waals surface area (Å²) >= 11 is 0. The second kappa shape index (κ2) is 7.40. The minimum Gasteiger partial charge on any atom is -0.478 e. The SMILES string of the molecule is C1=CC2Oc3ccc(-n4c5ccccc5c5c6ccccc6n(-c6ccccc6)c54)cc3OC2C=C1. The Hall–Kier alpha value is -4.70. The second-order valence-electron chi connectivity index (χ2n) is 9.31. The van der Waals surface area contributed by atoms with Gasteiger partial charge in [-0.05, 0) is 48.6 Å². The van der Waals surface area contributed by atoms with E-state index in [9.17, 15) is 0 Å². The third-order valence-corrected chi connectivity index (χ3v) is 7.24. The molecule has 4 heteroatoms. The lowest BCUT2D eigenvalue weighted by molar-refractivity contribution is 0.0756. The van der Waals surface area contributed by atoms with Gasteiger partial charge in [-0.25, -0.2) is 0 Å². The number of hydrogen-bond acceptors (Lipinski definition) is 2. The van der Waals surface area contributed by atoms with Crippen molar-refractivity contribution in [2.45, 2.75) is 12.2 Å². The van der Waals surface area contributed by atoms with Crippen LogP contribution in [0.15, 0.2) is 121 Å². The quantitative estimate of drug-likeness (QED) is 0.267. The molecule has 0 spiro atoms. The van der Waals surface area contributed by atoms with Crippen molar-refractivity contribution in [1.29, 1.82) is 0 Å². The molecule has 36 heavy (non-hydrogen) atoms. The van der Waals surface area contributed by atoms with Gasteiger partial charge in [0.2, 0.25) is 0 Å². The number of allylic oxidation sites excluding steroid dienone is 2. The van der Waals surface area contributed by atoms with E-state index < -0.39 is 0 Å². The molecule has 0 fully saturated rings. The van der Waals surface area contributed by atoms with Crippen LogP contribution in [0.3, 0.4) is 0 Å². The highest BCUT2D eigenvalue weighted by Crippen LogP contribution is 2.43. The minimum absolute atomic E-state index is 0.0897. The van der Waals surface area contributed by atoms with E-state index in [1.807, 2.05) is 24.3 Å². The van der Waals surface area contributed by atoms with Gasteiger partial charge in [0.05, 0.1) is 16.7 Å². The van der Waals surface area contributed by atoms with Gasteiger partial charge in [-0.3, -0.25) is 9.13 Å². The van der Waals surface area contributed by atoms with Crippen molar-refractivity contribution in [1.82, 2.24) is 9.13 Å². The summed E-state index contributed by atoms with van der Waals surface area (Å²) < 4.78 is 17.4. The zero-order valence-corrected chi connectivity index (χ0v) is 19.4. The molecular formula is C32H22N2O2. The fraction of sp³-hybridized carbons (Fsp3) is 0.0625. The Morgan fingerprint density at radius 3 is 1.81 bits per heavy atom. The van der Waals surface area contributed by atoms with E-state index in [1.54, 1.807) is 0 Å². The van der Waals surface area contributed by atoms with Crippen LogP contribution in [0, 0.1) is 0 Å². The number of fused-ring (bicyclic) bond motifs is 7. The van der Waals surface area contributed by atoms with Gasteiger partial charge in [0, 0.05) is 27.9 Å². The van der Waals surface area contributed by atoms with Crippen molar-refractivity contribution >= 4 is 32.8 Å². The molecule has 8 rings (SSSR count). The molecule has 3 heterocycles. The molecule has 6 aromatic rings. The van der Waals surface area contributed by atoms with Crippen molar-refractivity contribution in [3.63, 3.8) is 0 Å². The predicted molar refractivity (Wildman–Crippen MR) is 145 cm³/mol. The van der Waals surface area contributed by atoms with Crippen LogP contribution in [0.25, 0.3) is 44.2 Å². The summed E-state index contributed by atoms with van der Waals surface area (Å²) in [6, 6.07) is 34.1. The van der Waals surface area contributed by atoms with E-state index in [2.05, 4.69) is 106 Å². The van der Waals surface area contributed by atoms with Crippen LogP contribution < -0.4 is 9.47 Å². The smallest absolute Gasteiger partial charge is 0.164 e. The highest BCUT2D eigenvalue weighted by atomic mass is 16.6. The number of aromatic nitrogens is 2. The molecule has 2 unspecified atom stereocenters. The minimum atomic E-state index is -0.116.